The van der Waals surface area contributed by atoms with Gasteiger partial charge in [0.05, 0.1) is 11.0 Å². The van der Waals surface area contributed by atoms with Crippen molar-refractivity contribution < 1.29 is 0 Å². The van der Waals surface area contributed by atoms with Crippen LogP contribution in [0, 0.1) is 0 Å². The molecular weight excluding hydrogens is 280 g/mol. The molecule has 0 unspecified atom stereocenters. The van der Waals surface area contributed by atoms with Gasteiger partial charge in [0.15, 0.2) is 5.82 Å². The van der Waals surface area contributed by atoms with E-state index in [1.807, 2.05) is 30.0 Å². The third-order valence-corrected chi connectivity index (χ3v) is 4.27. The number of imidazole rings is 1. The van der Waals surface area contributed by atoms with Gasteiger partial charge < -0.3 is 10.3 Å². The van der Waals surface area contributed by atoms with E-state index < -0.39 is 0 Å². The van der Waals surface area contributed by atoms with Gasteiger partial charge in [-0.3, -0.25) is 0 Å². The Morgan fingerprint density at radius 3 is 2.81 bits per heavy atom. The zero-order valence-electron chi connectivity index (χ0n) is 12.5. The van der Waals surface area contributed by atoms with Crippen LogP contribution < -0.4 is 5.73 Å². The smallest absolute Gasteiger partial charge is 0.152 e. The number of aryl methyl sites for hydroxylation is 2. The van der Waals surface area contributed by atoms with Gasteiger partial charge in [0.2, 0.25) is 0 Å². The van der Waals surface area contributed by atoms with E-state index in [2.05, 4.69) is 28.8 Å². The number of para-hydroxylation sites is 1. The van der Waals surface area contributed by atoms with E-state index in [1.165, 1.54) is 0 Å². The van der Waals surface area contributed by atoms with E-state index >= 15 is 0 Å². The molecule has 0 amide bonds. The van der Waals surface area contributed by atoms with Crippen molar-refractivity contribution in [2.24, 2.45) is 0 Å². The Kier molecular flexibility index (Phi) is 4.01. The Bertz CT molecular complexity index is 779. The lowest BCUT2D eigenvalue weighted by Crippen LogP contribution is -2.06. The molecule has 5 heteroatoms. The molecule has 0 radical (unpaired) electrons. The van der Waals surface area contributed by atoms with Crippen molar-refractivity contribution in [3.63, 3.8) is 0 Å². The van der Waals surface area contributed by atoms with Crippen LogP contribution in [0.25, 0.3) is 21.9 Å². The van der Waals surface area contributed by atoms with Crippen LogP contribution in [0.1, 0.15) is 19.2 Å². The number of nitrogen functional groups attached to an aromatic ring is 1. The van der Waals surface area contributed by atoms with Crippen LogP contribution in [-0.4, -0.2) is 26.5 Å². The molecular formula is C16H20N4S. The van der Waals surface area contributed by atoms with E-state index in [0.29, 0.717) is 5.82 Å². The summed E-state index contributed by atoms with van der Waals surface area (Å²) in [7, 11) is 0. The van der Waals surface area contributed by atoms with Crippen molar-refractivity contribution in [3.8, 4) is 0 Å². The molecule has 2 aromatic heterocycles. The third kappa shape index (κ3) is 2.46. The Morgan fingerprint density at radius 1 is 1.24 bits per heavy atom. The summed E-state index contributed by atoms with van der Waals surface area (Å²) in [5, 5.41) is 1.14. The first-order chi connectivity index (χ1) is 10.3. The highest BCUT2D eigenvalue weighted by Crippen LogP contribution is 2.29. The monoisotopic (exact) mass is 300 g/mol. The fourth-order valence-electron chi connectivity index (χ4n) is 2.74. The maximum absolute atomic E-state index is 6.14. The molecule has 0 saturated carbocycles. The number of benzene rings is 1. The lowest BCUT2D eigenvalue weighted by molar-refractivity contribution is 0.707. The number of hydrogen-bond acceptors (Lipinski definition) is 4. The standard InChI is InChI=1S/C16H20N4S/c1-3-6-13-19-14-15(20(13)9-10-21-2)11-7-4-5-8-12(11)18-16(14)17/h4-5,7-8H,3,6,9-10H2,1-2H3,(H2,17,18). The summed E-state index contributed by atoms with van der Waals surface area (Å²) in [6.45, 7) is 3.14. The molecule has 110 valence electrons. The number of aromatic nitrogens is 3. The molecule has 0 aliphatic heterocycles. The van der Waals surface area contributed by atoms with Crippen LogP contribution in [0.15, 0.2) is 24.3 Å². The highest BCUT2D eigenvalue weighted by Gasteiger charge is 2.16. The van der Waals surface area contributed by atoms with Gasteiger partial charge in [-0.2, -0.15) is 11.8 Å². The predicted molar refractivity (Wildman–Crippen MR) is 91.8 cm³/mol. The van der Waals surface area contributed by atoms with Gasteiger partial charge in [0.25, 0.3) is 0 Å². The van der Waals surface area contributed by atoms with Crippen molar-refractivity contribution in [2.45, 2.75) is 26.3 Å². The van der Waals surface area contributed by atoms with Crippen LogP contribution in [0.4, 0.5) is 5.82 Å². The highest BCUT2D eigenvalue weighted by molar-refractivity contribution is 7.98. The first-order valence-corrected chi connectivity index (χ1v) is 8.68. The summed E-state index contributed by atoms with van der Waals surface area (Å²) >= 11 is 1.85. The zero-order valence-corrected chi connectivity index (χ0v) is 13.3. The van der Waals surface area contributed by atoms with Gasteiger partial charge in [-0.15, -0.1) is 0 Å². The number of thioether (sulfide) groups is 1. The van der Waals surface area contributed by atoms with Gasteiger partial charge in [0, 0.05) is 24.1 Å². The molecule has 2 heterocycles. The predicted octanol–water partition coefficient (Wildman–Crippen LogP) is 3.48. The Morgan fingerprint density at radius 2 is 2.05 bits per heavy atom. The lowest BCUT2D eigenvalue weighted by atomic mass is 10.2. The number of nitrogens with zero attached hydrogens (tertiary/aromatic N) is 3. The Hall–Kier alpha value is -1.75. The normalized spacial score (nSPS) is 11.5. The number of fused-ring (bicyclic) bond motifs is 3. The quantitative estimate of drug-likeness (QED) is 0.783. The van der Waals surface area contributed by atoms with Crippen molar-refractivity contribution in [3.05, 3.63) is 30.1 Å². The Balaban J connectivity index is 2.34. The number of anilines is 1. The van der Waals surface area contributed by atoms with Gasteiger partial charge in [0.1, 0.15) is 11.3 Å². The summed E-state index contributed by atoms with van der Waals surface area (Å²) in [4.78, 5) is 9.27. The molecule has 2 N–H and O–H groups in total. The second-order valence-corrected chi connectivity index (χ2v) is 6.12. The van der Waals surface area contributed by atoms with Crippen LogP contribution in [0.5, 0.6) is 0 Å². The summed E-state index contributed by atoms with van der Waals surface area (Å²) < 4.78 is 2.33. The van der Waals surface area contributed by atoms with E-state index in [0.717, 1.165) is 52.9 Å². The second kappa shape index (κ2) is 5.93. The van der Waals surface area contributed by atoms with Gasteiger partial charge in [-0.25, -0.2) is 9.97 Å². The Labute approximate surface area is 128 Å². The van der Waals surface area contributed by atoms with Gasteiger partial charge in [-0.05, 0) is 18.7 Å². The van der Waals surface area contributed by atoms with E-state index in [4.69, 9.17) is 10.7 Å². The van der Waals surface area contributed by atoms with Crippen molar-refractivity contribution in [1.82, 2.24) is 14.5 Å². The van der Waals surface area contributed by atoms with Crippen molar-refractivity contribution in [2.75, 3.05) is 17.7 Å². The van der Waals surface area contributed by atoms with E-state index in [-0.39, 0.29) is 0 Å². The molecule has 4 nitrogen and oxygen atoms in total. The van der Waals surface area contributed by atoms with Crippen LogP contribution in [-0.2, 0) is 13.0 Å². The molecule has 3 aromatic rings. The SMILES string of the molecule is CCCc1nc2c(N)nc3ccccc3c2n1CCSC. The average molecular weight is 300 g/mol. The maximum atomic E-state index is 6.14. The fourth-order valence-corrected chi connectivity index (χ4v) is 3.11. The minimum Gasteiger partial charge on any atom is -0.382 e. The van der Waals surface area contributed by atoms with Crippen LogP contribution in [0.2, 0.25) is 0 Å². The van der Waals surface area contributed by atoms with Crippen LogP contribution >= 0.6 is 11.8 Å². The summed E-state index contributed by atoms with van der Waals surface area (Å²) in [6, 6.07) is 8.16. The molecule has 0 fully saturated rings. The summed E-state index contributed by atoms with van der Waals surface area (Å²) in [5.41, 5.74) is 9.06. The molecule has 0 spiro atoms. The number of hydrogen-bond donors (Lipinski definition) is 1. The molecule has 1 aromatic carbocycles. The second-order valence-electron chi connectivity index (χ2n) is 5.13. The molecule has 0 aliphatic rings. The first-order valence-electron chi connectivity index (χ1n) is 7.28. The fraction of sp³-hybridized carbons (Fsp3) is 0.375. The minimum absolute atomic E-state index is 0.531. The van der Waals surface area contributed by atoms with E-state index in [1.54, 1.807) is 0 Å². The topological polar surface area (TPSA) is 56.7 Å². The van der Waals surface area contributed by atoms with Crippen LogP contribution in [0.3, 0.4) is 0 Å². The van der Waals surface area contributed by atoms with Crippen molar-refractivity contribution in [1.29, 1.82) is 0 Å². The molecule has 3 rings (SSSR count). The van der Waals surface area contributed by atoms with Gasteiger partial charge in [-0.1, -0.05) is 25.1 Å². The van der Waals surface area contributed by atoms with Gasteiger partial charge >= 0.3 is 0 Å². The zero-order chi connectivity index (χ0) is 14.8. The highest BCUT2D eigenvalue weighted by atomic mass is 32.2. The third-order valence-electron chi connectivity index (χ3n) is 3.68. The largest absolute Gasteiger partial charge is 0.382 e. The molecule has 0 bridgehead atoms. The summed E-state index contributed by atoms with van der Waals surface area (Å²) in [6.07, 6.45) is 4.18. The first kappa shape index (κ1) is 14.2. The minimum atomic E-state index is 0.531. The van der Waals surface area contributed by atoms with Crippen molar-refractivity contribution >= 4 is 39.5 Å². The molecule has 0 aliphatic carbocycles. The molecule has 21 heavy (non-hydrogen) atoms. The molecule has 0 atom stereocenters. The number of pyridine rings is 1. The summed E-state index contributed by atoms with van der Waals surface area (Å²) in [5.74, 6) is 2.72. The average Bonchev–Trinajstić information content (AvgIpc) is 2.85. The van der Waals surface area contributed by atoms with E-state index in [9.17, 15) is 0 Å². The maximum Gasteiger partial charge on any atom is 0.152 e. The molecule has 0 saturated heterocycles. The number of nitrogens with two attached hydrogens (primary N) is 1. The lowest BCUT2D eigenvalue weighted by Gasteiger charge is -2.09. The number of rotatable bonds is 5.